The highest BCUT2D eigenvalue weighted by Crippen LogP contribution is 2.29. The van der Waals surface area contributed by atoms with E-state index in [0.29, 0.717) is 17.2 Å². The van der Waals surface area contributed by atoms with Crippen molar-refractivity contribution in [2.75, 3.05) is 24.2 Å². The number of ether oxygens (including phenoxy) is 2. The molecule has 0 spiro atoms. The summed E-state index contributed by atoms with van der Waals surface area (Å²) in [5, 5.41) is 2.77. The maximum Gasteiger partial charge on any atom is 0.241 e. The Labute approximate surface area is 179 Å². The van der Waals surface area contributed by atoms with E-state index in [1.165, 1.54) is 0 Å². The summed E-state index contributed by atoms with van der Waals surface area (Å²) in [7, 11) is -2.07. The molecular weight excluding hydrogens is 404 g/mol. The summed E-state index contributed by atoms with van der Waals surface area (Å²) in [5.74, 6) is 0.797. The fourth-order valence-electron chi connectivity index (χ4n) is 3.03. The van der Waals surface area contributed by atoms with E-state index in [-0.39, 0.29) is 19.2 Å². The smallest absolute Gasteiger partial charge is 0.241 e. The van der Waals surface area contributed by atoms with E-state index in [1.807, 2.05) is 45.9 Å². The van der Waals surface area contributed by atoms with Crippen molar-refractivity contribution in [1.29, 1.82) is 0 Å². The monoisotopic (exact) mass is 434 g/mol. The lowest BCUT2D eigenvalue weighted by atomic mass is 10.1. The number of nitrogens with zero attached hydrogens (tertiary/aromatic N) is 1. The van der Waals surface area contributed by atoms with Gasteiger partial charge in [0.25, 0.3) is 0 Å². The van der Waals surface area contributed by atoms with Gasteiger partial charge in [-0.2, -0.15) is 0 Å². The molecule has 0 atom stereocenters. The summed E-state index contributed by atoms with van der Waals surface area (Å²) in [6.07, 6.45) is 1.11. The van der Waals surface area contributed by atoms with E-state index >= 15 is 0 Å². The first-order valence-corrected chi connectivity index (χ1v) is 11.5. The van der Waals surface area contributed by atoms with Crippen LogP contribution in [0.3, 0.4) is 0 Å². The highest BCUT2D eigenvalue weighted by Gasteiger charge is 2.22. The molecule has 0 aliphatic carbocycles. The van der Waals surface area contributed by atoms with Gasteiger partial charge in [0, 0.05) is 6.54 Å². The highest BCUT2D eigenvalue weighted by molar-refractivity contribution is 7.92. The molecule has 0 radical (unpaired) electrons. The van der Waals surface area contributed by atoms with Crippen molar-refractivity contribution in [3.05, 3.63) is 53.1 Å². The molecule has 0 saturated heterocycles. The third-order valence-electron chi connectivity index (χ3n) is 4.39. The second-order valence-corrected chi connectivity index (χ2v) is 9.39. The zero-order valence-corrected chi connectivity index (χ0v) is 19.2. The number of aryl methyl sites for hydroxylation is 2. The molecule has 30 heavy (non-hydrogen) atoms. The molecule has 8 heteroatoms. The van der Waals surface area contributed by atoms with Crippen LogP contribution in [-0.4, -0.2) is 40.3 Å². The number of carbonyl (C=O) groups is 1. The topological polar surface area (TPSA) is 84.9 Å². The summed E-state index contributed by atoms with van der Waals surface area (Å²) in [4.78, 5) is 12.5. The number of carbonyl (C=O) groups excluding carboxylic acids is 1. The number of rotatable bonds is 9. The summed E-state index contributed by atoms with van der Waals surface area (Å²) < 4.78 is 36.8. The van der Waals surface area contributed by atoms with Crippen LogP contribution in [0.2, 0.25) is 0 Å². The van der Waals surface area contributed by atoms with Crippen molar-refractivity contribution in [3.63, 3.8) is 0 Å². The van der Waals surface area contributed by atoms with Gasteiger partial charge in [0.1, 0.15) is 6.54 Å². The Hall–Kier alpha value is -2.74. The Morgan fingerprint density at radius 2 is 1.80 bits per heavy atom. The fourth-order valence-corrected chi connectivity index (χ4v) is 3.94. The molecule has 0 fully saturated rings. The molecule has 0 saturated carbocycles. The summed E-state index contributed by atoms with van der Waals surface area (Å²) >= 11 is 0. The quantitative estimate of drug-likeness (QED) is 0.655. The maximum absolute atomic E-state index is 12.5. The van der Waals surface area contributed by atoms with Gasteiger partial charge in [0.05, 0.1) is 25.2 Å². The Kier molecular flexibility index (Phi) is 7.72. The second kappa shape index (κ2) is 9.84. The second-order valence-electron chi connectivity index (χ2n) is 7.49. The molecule has 7 nitrogen and oxygen atoms in total. The number of hydrogen-bond donors (Lipinski definition) is 1. The van der Waals surface area contributed by atoms with E-state index in [1.54, 1.807) is 25.3 Å². The number of anilines is 1. The average molecular weight is 435 g/mol. The Balaban J connectivity index is 2.11. The summed E-state index contributed by atoms with van der Waals surface area (Å²) in [5.41, 5.74) is 3.12. The van der Waals surface area contributed by atoms with Crippen LogP contribution < -0.4 is 19.1 Å². The SMILES string of the molecule is COc1cc(CNC(=O)CN(c2ccc(C)cc2C)S(C)(=O)=O)ccc1OC(C)C. The molecule has 164 valence electrons. The molecule has 0 aliphatic rings. The third-order valence-corrected chi connectivity index (χ3v) is 5.52. The molecule has 0 aromatic heterocycles. The molecule has 2 aromatic rings. The van der Waals surface area contributed by atoms with Gasteiger partial charge in [0.2, 0.25) is 15.9 Å². The minimum Gasteiger partial charge on any atom is -0.493 e. The van der Waals surface area contributed by atoms with Crippen LogP contribution >= 0.6 is 0 Å². The average Bonchev–Trinajstić information content (AvgIpc) is 2.64. The number of amides is 1. The first-order chi connectivity index (χ1) is 14.0. The standard InChI is InChI=1S/C22H30N2O5S/c1-15(2)29-20-10-8-18(12-21(20)28-5)13-23-22(25)14-24(30(6,26)27)19-9-7-16(3)11-17(19)4/h7-12,15H,13-14H2,1-6H3,(H,23,25). The predicted octanol–water partition coefficient (Wildman–Crippen LogP) is 3.18. The zero-order chi connectivity index (χ0) is 22.5. The van der Waals surface area contributed by atoms with Gasteiger partial charge >= 0.3 is 0 Å². The minimum atomic E-state index is -3.62. The Bertz CT molecular complexity index is 1000. The van der Waals surface area contributed by atoms with Crippen molar-refractivity contribution in [3.8, 4) is 11.5 Å². The van der Waals surface area contributed by atoms with Gasteiger partial charge in [-0.25, -0.2) is 8.42 Å². The van der Waals surface area contributed by atoms with Gasteiger partial charge in [-0.05, 0) is 57.0 Å². The van der Waals surface area contributed by atoms with Gasteiger partial charge < -0.3 is 14.8 Å². The van der Waals surface area contributed by atoms with E-state index < -0.39 is 15.9 Å². The molecule has 0 unspecified atom stereocenters. The van der Waals surface area contributed by atoms with Gasteiger partial charge in [0.15, 0.2) is 11.5 Å². The normalized spacial score (nSPS) is 11.3. The van der Waals surface area contributed by atoms with Crippen molar-refractivity contribution in [2.24, 2.45) is 0 Å². The minimum absolute atomic E-state index is 0.0108. The molecule has 1 amide bonds. The lowest BCUT2D eigenvalue weighted by molar-refractivity contribution is -0.119. The molecule has 0 heterocycles. The van der Waals surface area contributed by atoms with Crippen LogP contribution in [-0.2, 0) is 21.4 Å². The number of benzene rings is 2. The van der Waals surface area contributed by atoms with Crippen LogP contribution in [0.4, 0.5) is 5.69 Å². The number of methoxy groups -OCH3 is 1. The predicted molar refractivity (Wildman–Crippen MR) is 119 cm³/mol. The van der Waals surface area contributed by atoms with Crippen LogP contribution in [0.25, 0.3) is 0 Å². The molecule has 2 rings (SSSR count). The zero-order valence-electron chi connectivity index (χ0n) is 18.4. The first kappa shape index (κ1) is 23.5. The van der Waals surface area contributed by atoms with Crippen LogP contribution in [0.5, 0.6) is 11.5 Å². The van der Waals surface area contributed by atoms with E-state index in [2.05, 4.69) is 5.32 Å². The molecule has 1 N–H and O–H groups in total. The van der Waals surface area contributed by atoms with Gasteiger partial charge in [-0.3, -0.25) is 9.10 Å². The Morgan fingerprint density at radius 1 is 1.10 bits per heavy atom. The van der Waals surface area contributed by atoms with E-state index in [4.69, 9.17) is 9.47 Å². The highest BCUT2D eigenvalue weighted by atomic mass is 32.2. The third kappa shape index (κ3) is 6.38. The summed E-state index contributed by atoms with van der Waals surface area (Å²) in [6, 6.07) is 10.8. The van der Waals surface area contributed by atoms with Crippen LogP contribution in [0.1, 0.15) is 30.5 Å². The van der Waals surface area contributed by atoms with Crippen molar-refractivity contribution < 1.29 is 22.7 Å². The lowest BCUT2D eigenvalue weighted by Gasteiger charge is -2.24. The van der Waals surface area contributed by atoms with E-state index in [0.717, 1.165) is 27.3 Å². The van der Waals surface area contributed by atoms with Gasteiger partial charge in [-0.15, -0.1) is 0 Å². The maximum atomic E-state index is 12.5. The van der Waals surface area contributed by atoms with Crippen LogP contribution in [0, 0.1) is 13.8 Å². The van der Waals surface area contributed by atoms with Crippen molar-refractivity contribution in [2.45, 2.75) is 40.3 Å². The van der Waals surface area contributed by atoms with E-state index in [9.17, 15) is 13.2 Å². The van der Waals surface area contributed by atoms with Crippen LogP contribution in [0.15, 0.2) is 36.4 Å². The van der Waals surface area contributed by atoms with Gasteiger partial charge in [-0.1, -0.05) is 23.8 Å². The first-order valence-electron chi connectivity index (χ1n) is 9.66. The Morgan fingerprint density at radius 3 is 2.37 bits per heavy atom. The number of sulfonamides is 1. The molecular formula is C22H30N2O5S. The molecule has 0 aliphatic heterocycles. The lowest BCUT2D eigenvalue weighted by Crippen LogP contribution is -2.40. The van der Waals surface area contributed by atoms with Crippen molar-refractivity contribution in [1.82, 2.24) is 5.32 Å². The molecule has 0 bridgehead atoms. The molecule has 2 aromatic carbocycles. The van der Waals surface area contributed by atoms with Crippen molar-refractivity contribution >= 4 is 21.6 Å². The number of hydrogen-bond acceptors (Lipinski definition) is 5. The fraction of sp³-hybridized carbons (Fsp3) is 0.409. The number of nitrogens with one attached hydrogen (secondary N) is 1. The summed E-state index contributed by atoms with van der Waals surface area (Å²) in [6.45, 7) is 7.55. The largest absolute Gasteiger partial charge is 0.493 e.